The first kappa shape index (κ1) is 19.6. The summed E-state index contributed by atoms with van der Waals surface area (Å²) in [6.45, 7) is 1.02. The van der Waals surface area contributed by atoms with Gasteiger partial charge in [0.1, 0.15) is 17.2 Å². The predicted molar refractivity (Wildman–Crippen MR) is 106 cm³/mol. The number of rotatable bonds is 3. The van der Waals surface area contributed by atoms with Crippen molar-refractivity contribution < 1.29 is 23.1 Å². The van der Waals surface area contributed by atoms with E-state index in [9.17, 15) is 27.9 Å². The summed E-state index contributed by atoms with van der Waals surface area (Å²) >= 11 is 0. The van der Waals surface area contributed by atoms with E-state index in [0.29, 0.717) is 25.1 Å². The van der Waals surface area contributed by atoms with Crippen molar-refractivity contribution in [3.05, 3.63) is 63.7 Å². The standard InChI is InChI=1S/C21H17F3N4O3/c22-9-1-2-16(14(23)5-9)28-8-13(21(30)31)18(29)11-6-15(24)20(26-19(11)28)27-4-3-10-12(7-27)17(10)25/h1-2,5-6,8,10,12,17H,3-4,7,25H2,(H,30,31)/t10-,12+,17+/m0/s1. The highest BCUT2D eigenvalue weighted by Crippen LogP contribution is 2.44. The summed E-state index contributed by atoms with van der Waals surface area (Å²) in [7, 11) is 0. The van der Waals surface area contributed by atoms with Gasteiger partial charge >= 0.3 is 5.97 Å². The summed E-state index contributed by atoms with van der Waals surface area (Å²) in [6, 6.07) is 3.71. The Morgan fingerprint density at radius 1 is 1.16 bits per heavy atom. The molecule has 3 atom stereocenters. The fourth-order valence-corrected chi connectivity index (χ4v) is 4.43. The fraction of sp³-hybridized carbons (Fsp3) is 0.286. The Hall–Kier alpha value is -3.40. The van der Waals surface area contributed by atoms with Gasteiger partial charge in [-0.25, -0.2) is 22.9 Å². The second-order valence-corrected chi connectivity index (χ2v) is 7.95. The maximum atomic E-state index is 15.0. The van der Waals surface area contributed by atoms with E-state index in [1.165, 1.54) is 0 Å². The molecule has 2 aliphatic rings. The molecule has 0 bridgehead atoms. The van der Waals surface area contributed by atoms with Gasteiger partial charge in [-0.1, -0.05) is 0 Å². The van der Waals surface area contributed by atoms with E-state index in [2.05, 4.69) is 4.98 Å². The third kappa shape index (κ3) is 3.05. The van der Waals surface area contributed by atoms with Crippen LogP contribution in [0.1, 0.15) is 16.8 Å². The number of aromatic carboxylic acids is 1. The number of nitrogens with zero attached hydrogens (tertiary/aromatic N) is 3. The van der Waals surface area contributed by atoms with Gasteiger partial charge in [-0.3, -0.25) is 9.36 Å². The third-order valence-electron chi connectivity index (χ3n) is 6.17. The number of carboxylic acid groups (broad SMARTS) is 1. The van der Waals surface area contributed by atoms with Crippen molar-refractivity contribution >= 4 is 22.8 Å². The highest BCUT2D eigenvalue weighted by atomic mass is 19.1. The van der Waals surface area contributed by atoms with Gasteiger partial charge in [-0.15, -0.1) is 0 Å². The van der Waals surface area contributed by atoms with Gasteiger partial charge < -0.3 is 15.7 Å². The smallest absolute Gasteiger partial charge is 0.341 e. The quantitative estimate of drug-likeness (QED) is 0.661. The minimum atomic E-state index is -1.56. The Morgan fingerprint density at radius 3 is 2.61 bits per heavy atom. The number of hydrogen-bond donors (Lipinski definition) is 2. The van der Waals surface area contributed by atoms with Crippen LogP contribution in [0.5, 0.6) is 0 Å². The molecule has 10 heteroatoms. The van der Waals surface area contributed by atoms with Crippen molar-refractivity contribution in [2.24, 2.45) is 17.6 Å². The van der Waals surface area contributed by atoms with Crippen LogP contribution in [0.2, 0.25) is 0 Å². The van der Waals surface area contributed by atoms with Crippen molar-refractivity contribution in [2.75, 3.05) is 18.0 Å². The Balaban J connectivity index is 1.75. The lowest BCUT2D eigenvalue weighted by Crippen LogP contribution is -2.33. The molecule has 2 fully saturated rings. The van der Waals surface area contributed by atoms with Crippen LogP contribution in [-0.2, 0) is 0 Å². The van der Waals surface area contributed by atoms with Crippen LogP contribution in [0.4, 0.5) is 19.0 Å². The lowest BCUT2D eigenvalue weighted by atomic mass is 10.1. The lowest BCUT2D eigenvalue weighted by Gasteiger charge is -2.28. The van der Waals surface area contributed by atoms with Crippen molar-refractivity contribution in [3.63, 3.8) is 0 Å². The molecule has 2 aromatic heterocycles. The zero-order valence-electron chi connectivity index (χ0n) is 16.1. The Bertz CT molecular complexity index is 1310. The molecular formula is C21H17F3N4O3. The molecule has 31 heavy (non-hydrogen) atoms. The van der Waals surface area contributed by atoms with Gasteiger partial charge in [0.05, 0.1) is 11.1 Å². The molecule has 1 saturated heterocycles. The molecule has 1 aromatic carbocycles. The Kier molecular flexibility index (Phi) is 4.30. The van der Waals surface area contributed by atoms with Crippen LogP contribution in [-0.4, -0.2) is 39.8 Å². The van der Waals surface area contributed by atoms with Gasteiger partial charge in [0, 0.05) is 31.4 Å². The molecule has 1 saturated carbocycles. The number of carbonyl (C=O) groups is 1. The molecule has 0 unspecified atom stereocenters. The SMILES string of the molecule is N[C@@H]1[C@H]2CCN(c3nc4c(cc3F)c(=O)c(C(=O)O)cn4-c3ccc(F)cc3F)C[C@@H]12. The molecule has 1 aliphatic carbocycles. The molecular weight excluding hydrogens is 413 g/mol. The summed E-state index contributed by atoms with van der Waals surface area (Å²) in [4.78, 5) is 30.2. The van der Waals surface area contributed by atoms with E-state index in [-0.39, 0.29) is 34.5 Å². The largest absolute Gasteiger partial charge is 0.477 e. The van der Waals surface area contributed by atoms with E-state index in [0.717, 1.165) is 35.4 Å². The molecule has 0 amide bonds. The zero-order valence-corrected chi connectivity index (χ0v) is 16.1. The van der Waals surface area contributed by atoms with Gasteiger partial charge in [0.15, 0.2) is 17.3 Å². The van der Waals surface area contributed by atoms with Crippen molar-refractivity contribution in [2.45, 2.75) is 12.5 Å². The number of piperidine rings is 1. The average molecular weight is 430 g/mol. The molecule has 3 aromatic rings. The third-order valence-corrected chi connectivity index (χ3v) is 6.17. The van der Waals surface area contributed by atoms with Crippen LogP contribution in [0.25, 0.3) is 16.7 Å². The number of benzene rings is 1. The number of fused-ring (bicyclic) bond motifs is 2. The minimum Gasteiger partial charge on any atom is -0.477 e. The monoisotopic (exact) mass is 430 g/mol. The van der Waals surface area contributed by atoms with E-state index < -0.39 is 34.4 Å². The summed E-state index contributed by atoms with van der Waals surface area (Å²) in [5, 5.41) is 9.08. The van der Waals surface area contributed by atoms with Gasteiger partial charge in [-0.05, 0) is 36.5 Å². The Labute approximate surface area is 173 Å². The van der Waals surface area contributed by atoms with Crippen LogP contribution >= 0.6 is 0 Å². The van der Waals surface area contributed by atoms with Gasteiger partial charge in [0.2, 0.25) is 5.43 Å². The van der Waals surface area contributed by atoms with Crippen LogP contribution in [0.15, 0.2) is 35.3 Å². The number of anilines is 1. The van der Waals surface area contributed by atoms with E-state index in [4.69, 9.17) is 5.73 Å². The highest BCUT2D eigenvalue weighted by molar-refractivity contribution is 5.92. The number of pyridine rings is 2. The van der Waals surface area contributed by atoms with Crippen molar-refractivity contribution in [1.29, 1.82) is 0 Å². The molecule has 3 N–H and O–H groups in total. The molecule has 5 rings (SSSR count). The first-order valence-electron chi connectivity index (χ1n) is 9.71. The molecule has 1 aliphatic heterocycles. The first-order chi connectivity index (χ1) is 14.8. The number of carboxylic acids is 1. The lowest BCUT2D eigenvalue weighted by molar-refractivity contribution is 0.0695. The van der Waals surface area contributed by atoms with Crippen LogP contribution in [0, 0.1) is 29.3 Å². The second-order valence-electron chi connectivity index (χ2n) is 7.95. The summed E-state index contributed by atoms with van der Waals surface area (Å²) in [6.07, 6.45) is 1.70. The minimum absolute atomic E-state index is 0.0243. The zero-order chi connectivity index (χ0) is 22.0. The maximum absolute atomic E-state index is 15.0. The number of hydrogen-bond acceptors (Lipinski definition) is 5. The van der Waals surface area contributed by atoms with Gasteiger partial charge in [-0.2, -0.15) is 0 Å². The highest BCUT2D eigenvalue weighted by Gasteiger charge is 2.50. The number of nitrogens with two attached hydrogens (primary N) is 1. The first-order valence-corrected chi connectivity index (χ1v) is 9.71. The van der Waals surface area contributed by atoms with Crippen LogP contribution in [0.3, 0.4) is 0 Å². The maximum Gasteiger partial charge on any atom is 0.341 e. The fourth-order valence-electron chi connectivity index (χ4n) is 4.43. The molecule has 0 radical (unpaired) electrons. The molecule has 0 spiro atoms. The van der Waals surface area contributed by atoms with Crippen LogP contribution < -0.4 is 16.1 Å². The van der Waals surface area contributed by atoms with Gasteiger partial charge in [0.25, 0.3) is 0 Å². The average Bonchev–Trinajstić information content (AvgIpc) is 3.37. The Morgan fingerprint density at radius 2 is 1.94 bits per heavy atom. The summed E-state index contributed by atoms with van der Waals surface area (Å²) in [5.74, 6) is -3.54. The molecule has 160 valence electrons. The number of halogens is 3. The topological polar surface area (TPSA) is 101 Å². The van der Waals surface area contributed by atoms with E-state index in [1.807, 2.05) is 0 Å². The van der Waals surface area contributed by atoms with Crippen molar-refractivity contribution in [3.8, 4) is 5.69 Å². The summed E-state index contributed by atoms with van der Waals surface area (Å²) < 4.78 is 43.9. The molecule has 7 nitrogen and oxygen atoms in total. The van der Waals surface area contributed by atoms with E-state index >= 15 is 0 Å². The van der Waals surface area contributed by atoms with Crippen molar-refractivity contribution in [1.82, 2.24) is 9.55 Å². The number of aromatic nitrogens is 2. The normalized spacial score (nSPS) is 22.5. The second kappa shape index (κ2) is 6.81. The van der Waals surface area contributed by atoms with E-state index in [1.54, 1.807) is 4.90 Å². The predicted octanol–water partition coefficient (Wildman–Crippen LogP) is 2.28. The summed E-state index contributed by atoms with van der Waals surface area (Å²) in [5.41, 5.74) is 4.05. The molecule has 3 heterocycles.